The van der Waals surface area contributed by atoms with E-state index in [9.17, 15) is 24.8 Å². The van der Waals surface area contributed by atoms with Crippen LogP contribution >= 0.6 is 0 Å². The zero-order chi connectivity index (χ0) is 27.2. The largest absolute Gasteiger partial charge is 0.465 e. The van der Waals surface area contributed by atoms with Crippen LogP contribution in [0.25, 0.3) is 0 Å². The Morgan fingerprint density at radius 2 is 1.78 bits per heavy atom. The van der Waals surface area contributed by atoms with Crippen LogP contribution in [0.4, 0.5) is 0 Å². The highest BCUT2D eigenvalue weighted by molar-refractivity contribution is 6.04. The number of Topliss-reactive ketones (excluding diaryl/α,β-unsaturated/α-hetero) is 1. The van der Waals surface area contributed by atoms with Gasteiger partial charge in [-0.3, -0.25) is 14.4 Å². The number of carbonyl (C=O) groups excluding carboxylic acids is 3. The molecule has 0 aromatic heterocycles. The average molecular weight is 508 g/mol. The number of carbonyl (C=O) groups is 3. The molecule has 0 amide bonds. The second-order valence-electron chi connectivity index (χ2n) is 14.3. The van der Waals surface area contributed by atoms with Crippen LogP contribution in [0.2, 0.25) is 0 Å². The monoisotopic (exact) mass is 507 g/mol. The van der Waals surface area contributed by atoms with Crippen LogP contribution in [-0.4, -0.2) is 34.9 Å². The van der Waals surface area contributed by atoms with Gasteiger partial charge >= 0.3 is 5.97 Å². The number of ether oxygens (including phenoxy) is 1. The number of rotatable bonds is 2. The highest BCUT2D eigenvalue weighted by atomic mass is 16.5. The molecule has 200 valence electrons. The molecule has 0 saturated heterocycles. The highest BCUT2D eigenvalue weighted by Gasteiger charge is 2.71. The number of hydrogen-bond acceptors (Lipinski definition) is 6. The topological polar surface area (TPSA) is 104 Å². The zero-order valence-corrected chi connectivity index (χ0v) is 23.1. The fourth-order valence-corrected chi connectivity index (χ4v) is 9.19. The van der Waals surface area contributed by atoms with E-state index in [2.05, 4.69) is 26.8 Å². The molecule has 6 heteroatoms. The Kier molecular flexibility index (Phi) is 5.78. The first kappa shape index (κ1) is 26.4. The lowest BCUT2D eigenvalue weighted by molar-refractivity contribution is -0.235. The van der Waals surface area contributed by atoms with Gasteiger partial charge in [0, 0.05) is 35.0 Å². The van der Waals surface area contributed by atoms with E-state index in [1.807, 2.05) is 13.8 Å². The van der Waals surface area contributed by atoms with E-state index in [0.717, 1.165) is 37.7 Å². The Labute approximate surface area is 220 Å². The second-order valence-corrected chi connectivity index (χ2v) is 14.3. The van der Waals surface area contributed by atoms with Gasteiger partial charge in [0.25, 0.3) is 0 Å². The Hall–Kier alpha value is -2.26. The van der Waals surface area contributed by atoms with Crippen molar-refractivity contribution >= 4 is 17.5 Å². The molecule has 0 aromatic rings. The van der Waals surface area contributed by atoms with Crippen molar-refractivity contribution in [2.24, 2.45) is 45.3 Å². The second kappa shape index (κ2) is 8.12. The number of hydrogen-bond donors (Lipinski definition) is 1. The van der Waals surface area contributed by atoms with Crippen LogP contribution in [0.1, 0.15) is 86.5 Å². The van der Waals surface area contributed by atoms with Gasteiger partial charge in [-0.25, -0.2) is 0 Å². The minimum absolute atomic E-state index is 0.00610. The van der Waals surface area contributed by atoms with Gasteiger partial charge < -0.3 is 9.84 Å². The number of fused-ring (bicyclic) bond motifs is 7. The summed E-state index contributed by atoms with van der Waals surface area (Å²) >= 11 is 0. The molecule has 3 saturated carbocycles. The molecule has 5 aliphatic carbocycles. The summed E-state index contributed by atoms with van der Waals surface area (Å²) in [4.78, 5) is 39.0. The van der Waals surface area contributed by atoms with E-state index < -0.39 is 21.8 Å². The molecule has 0 aliphatic heterocycles. The van der Waals surface area contributed by atoms with Gasteiger partial charge in [-0.15, -0.1) is 0 Å². The van der Waals surface area contributed by atoms with Gasteiger partial charge in [-0.1, -0.05) is 46.3 Å². The summed E-state index contributed by atoms with van der Waals surface area (Å²) in [6.45, 7) is 12.0. The normalized spacial score (nSPS) is 43.6. The molecule has 0 spiro atoms. The van der Waals surface area contributed by atoms with Crippen molar-refractivity contribution in [3.63, 3.8) is 0 Å². The quantitative estimate of drug-likeness (QED) is 0.521. The van der Waals surface area contributed by atoms with Crippen molar-refractivity contribution in [3.8, 4) is 6.07 Å². The van der Waals surface area contributed by atoms with Crippen LogP contribution in [0, 0.1) is 56.7 Å². The third kappa shape index (κ3) is 3.49. The first-order valence-corrected chi connectivity index (χ1v) is 13.9. The molecule has 7 atom stereocenters. The lowest BCUT2D eigenvalue weighted by atomic mass is 9.38. The van der Waals surface area contributed by atoms with E-state index in [4.69, 9.17) is 4.74 Å². The van der Waals surface area contributed by atoms with Crippen LogP contribution in [0.15, 0.2) is 23.3 Å². The number of ketones is 2. The Morgan fingerprint density at radius 3 is 2.43 bits per heavy atom. The summed E-state index contributed by atoms with van der Waals surface area (Å²) in [6.07, 6.45) is 9.06. The van der Waals surface area contributed by atoms with Crippen molar-refractivity contribution in [2.45, 2.75) is 92.1 Å². The van der Waals surface area contributed by atoms with Crippen molar-refractivity contribution in [3.05, 3.63) is 23.3 Å². The number of aliphatic hydroxyl groups is 1. The molecular formula is C31H41NO5. The molecule has 5 aliphatic rings. The van der Waals surface area contributed by atoms with Crippen LogP contribution in [0.5, 0.6) is 0 Å². The van der Waals surface area contributed by atoms with Gasteiger partial charge in [-0.05, 0) is 68.3 Å². The SMILES string of the molecule is CC(=O)OC[C@]12CCC(C)(C)CC1[C@@]1(O)C(=O)C=C3C4C=C(C#N)C(=O)C(C)(C)[C@@H]4CCC3[C@]1(C)CC2. The number of esters is 1. The summed E-state index contributed by atoms with van der Waals surface area (Å²) in [5, 5.41) is 22.4. The minimum Gasteiger partial charge on any atom is -0.465 e. The van der Waals surface area contributed by atoms with Gasteiger partial charge in [0.05, 0.1) is 12.2 Å². The van der Waals surface area contributed by atoms with E-state index in [-0.39, 0.29) is 58.8 Å². The molecule has 0 radical (unpaired) electrons. The minimum atomic E-state index is -1.55. The Morgan fingerprint density at radius 1 is 1.11 bits per heavy atom. The maximum absolute atomic E-state index is 14.2. The Balaban J connectivity index is 1.63. The summed E-state index contributed by atoms with van der Waals surface area (Å²) in [5.41, 5.74) is -2.16. The van der Waals surface area contributed by atoms with E-state index in [0.29, 0.717) is 12.8 Å². The first-order valence-electron chi connectivity index (χ1n) is 13.9. The van der Waals surface area contributed by atoms with E-state index >= 15 is 0 Å². The van der Waals surface area contributed by atoms with Gasteiger partial charge in [0.1, 0.15) is 11.7 Å². The Bertz CT molecular complexity index is 1170. The van der Waals surface area contributed by atoms with Crippen molar-refractivity contribution < 1.29 is 24.2 Å². The van der Waals surface area contributed by atoms with Crippen LogP contribution in [-0.2, 0) is 19.1 Å². The predicted molar refractivity (Wildman–Crippen MR) is 138 cm³/mol. The third-order valence-corrected chi connectivity index (χ3v) is 11.5. The fourth-order valence-electron chi connectivity index (χ4n) is 9.19. The molecule has 3 fully saturated rings. The third-order valence-electron chi connectivity index (χ3n) is 11.5. The molecule has 37 heavy (non-hydrogen) atoms. The van der Waals surface area contributed by atoms with Crippen LogP contribution < -0.4 is 0 Å². The predicted octanol–water partition coefficient (Wildman–Crippen LogP) is 5.10. The maximum Gasteiger partial charge on any atom is 0.302 e. The van der Waals surface area contributed by atoms with Gasteiger partial charge in [0.15, 0.2) is 11.6 Å². The summed E-state index contributed by atoms with van der Waals surface area (Å²) in [7, 11) is 0. The zero-order valence-electron chi connectivity index (χ0n) is 23.1. The highest BCUT2D eigenvalue weighted by Crippen LogP contribution is 2.69. The lowest BCUT2D eigenvalue weighted by Crippen LogP contribution is -2.71. The first-order chi connectivity index (χ1) is 17.1. The van der Waals surface area contributed by atoms with Crippen LogP contribution in [0.3, 0.4) is 0 Å². The average Bonchev–Trinajstić information content (AvgIpc) is 2.82. The number of nitrogens with zero attached hydrogens (tertiary/aromatic N) is 1. The molecule has 0 bridgehead atoms. The van der Waals surface area contributed by atoms with Crippen molar-refractivity contribution in [1.29, 1.82) is 5.26 Å². The molecule has 5 rings (SSSR count). The summed E-state index contributed by atoms with van der Waals surface area (Å²) < 4.78 is 5.59. The van der Waals surface area contributed by atoms with Crippen molar-refractivity contribution in [2.75, 3.05) is 6.61 Å². The molecule has 0 heterocycles. The number of allylic oxidation sites excluding steroid dienone is 3. The lowest BCUT2D eigenvalue weighted by Gasteiger charge is -2.67. The van der Waals surface area contributed by atoms with Gasteiger partial charge in [-0.2, -0.15) is 5.26 Å². The smallest absolute Gasteiger partial charge is 0.302 e. The maximum atomic E-state index is 14.2. The summed E-state index contributed by atoms with van der Waals surface area (Å²) in [6, 6.07) is 2.11. The molecule has 6 nitrogen and oxygen atoms in total. The summed E-state index contributed by atoms with van der Waals surface area (Å²) in [5.74, 6) is -1.13. The molecule has 1 N–H and O–H groups in total. The molecule has 3 unspecified atom stereocenters. The van der Waals surface area contributed by atoms with E-state index in [1.54, 1.807) is 12.2 Å². The standard InChI is InChI=1S/C31H41NO5/c1-18(33)37-17-30-11-9-27(2,3)15-24(30)31(36)25(34)14-21-20-13-19(16-32)26(35)28(4,5)22(20)7-8-23(21)29(31,6)10-12-30/h13-14,20,22-24,36H,7-12,15,17H2,1-6H3/t20?,22-,23?,24?,29+,30-,31-/m1/s1. The molecular weight excluding hydrogens is 466 g/mol. The fraction of sp³-hybridized carbons (Fsp3) is 0.742. The number of nitriles is 1. The molecule has 0 aromatic carbocycles. The van der Waals surface area contributed by atoms with Gasteiger partial charge in [0.2, 0.25) is 0 Å². The van der Waals surface area contributed by atoms with E-state index in [1.165, 1.54) is 6.92 Å². The van der Waals surface area contributed by atoms with Crippen molar-refractivity contribution in [1.82, 2.24) is 0 Å².